The predicted octanol–water partition coefficient (Wildman–Crippen LogP) is 2.47. The zero-order valence-corrected chi connectivity index (χ0v) is 13.2. The molecule has 0 fully saturated rings. The molecule has 2 aromatic carbocycles. The van der Waals surface area contributed by atoms with E-state index in [1.165, 1.54) is 38.4 Å². The third-order valence-corrected chi connectivity index (χ3v) is 4.89. The van der Waals surface area contributed by atoms with Gasteiger partial charge in [-0.15, -0.1) is 0 Å². The van der Waals surface area contributed by atoms with Gasteiger partial charge in [-0.25, -0.2) is 21.5 Å². The number of nitrogens with zero attached hydrogens (tertiary/aromatic N) is 1. The van der Waals surface area contributed by atoms with Crippen LogP contribution >= 0.6 is 0 Å². The number of hydrogen-bond acceptors (Lipinski definition) is 3. The molecule has 0 aliphatic carbocycles. The van der Waals surface area contributed by atoms with Crippen molar-refractivity contribution in [3.05, 3.63) is 59.7 Å². The first kappa shape index (κ1) is 17.0. The van der Waals surface area contributed by atoms with E-state index in [1.807, 2.05) is 0 Å². The largest absolute Gasteiger partial charge is 0.317 e. The quantitative estimate of drug-likeness (QED) is 0.930. The molecule has 0 bridgehead atoms. The number of para-hydroxylation sites is 1. The maximum Gasteiger partial charge on any atom is 0.255 e. The van der Waals surface area contributed by atoms with Crippen molar-refractivity contribution in [1.29, 1.82) is 0 Å². The van der Waals surface area contributed by atoms with E-state index in [4.69, 9.17) is 0 Å². The average molecular weight is 340 g/mol. The van der Waals surface area contributed by atoms with Crippen LogP contribution in [0.3, 0.4) is 0 Å². The van der Waals surface area contributed by atoms with Crippen molar-refractivity contribution < 1.29 is 22.0 Å². The molecule has 0 heterocycles. The van der Waals surface area contributed by atoms with Crippen molar-refractivity contribution in [3.8, 4) is 0 Å². The second kappa shape index (κ2) is 6.43. The first-order chi connectivity index (χ1) is 10.7. The fraction of sp³-hybridized carbons (Fsp3) is 0.133. The Morgan fingerprint density at radius 2 is 1.61 bits per heavy atom. The van der Waals surface area contributed by atoms with E-state index in [0.29, 0.717) is 0 Å². The van der Waals surface area contributed by atoms with Crippen LogP contribution in [0.15, 0.2) is 47.4 Å². The maximum atomic E-state index is 13.5. The Bertz CT molecular complexity index is 831. The van der Waals surface area contributed by atoms with Gasteiger partial charge in [-0.1, -0.05) is 12.1 Å². The van der Waals surface area contributed by atoms with Gasteiger partial charge in [0.15, 0.2) is 0 Å². The molecule has 0 saturated heterocycles. The molecule has 0 aromatic heterocycles. The molecule has 0 saturated carbocycles. The van der Waals surface area contributed by atoms with Gasteiger partial charge in [0.25, 0.3) is 5.91 Å². The summed E-state index contributed by atoms with van der Waals surface area (Å²) in [6, 6.07) is 8.38. The van der Waals surface area contributed by atoms with E-state index >= 15 is 0 Å². The molecule has 0 radical (unpaired) electrons. The Morgan fingerprint density at radius 1 is 1.04 bits per heavy atom. The van der Waals surface area contributed by atoms with Crippen molar-refractivity contribution >= 4 is 21.6 Å². The summed E-state index contributed by atoms with van der Waals surface area (Å²) in [7, 11) is -1.00. The Kier molecular flexibility index (Phi) is 4.76. The monoisotopic (exact) mass is 340 g/mol. The topological polar surface area (TPSA) is 66.5 Å². The number of sulfonamides is 1. The van der Waals surface area contributed by atoms with Gasteiger partial charge >= 0.3 is 0 Å². The van der Waals surface area contributed by atoms with E-state index in [-0.39, 0.29) is 10.5 Å². The number of nitrogens with one attached hydrogen (secondary N) is 1. The molecule has 1 amide bonds. The molecule has 5 nitrogen and oxygen atoms in total. The lowest BCUT2D eigenvalue weighted by atomic mass is 10.2. The molecular formula is C15H14F2N2O3S. The maximum absolute atomic E-state index is 13.5. The first-order valence-corrected chi connectivity index (χ1v) is 7.95. The summed E-state index contributed by atoms with van der Waals surface area (Å²) in [5.74, 6) is -2.66. The van der Waals surface area contributed by atoms with Crippen molar-refractivity contribution in [2.75, 3.05) is 19.4 Å². The number of anilines is 1. The zero-order valence-electron chi connectivity index (χ0n) is 12.4. The highest BCUT2D eigenvalue weighted by Crippen LogP contribution is 2.20. The van der Waals surface area contributed by atoms with Gasteiger partial charge in [0.1, 0.15) is 17.3 Å². The lowest BCUT2D eigenvalue weighted by Crippen LogP contribution is -2.23. The van der Waals surface area contributed by atoms with E-state index in [0.717, 1.165) is 22.5 Å². The summed E-state index contributed by atoms with van der Waals surface area (Å²) in [4.78, 5) is 12.0. The van der Waals surface area contributed by atoms with E-state index in [2.05, 4.69) is 5.32 Å². The smallest absolute Gasteiger partial charge is 0.255 e. The lowest BCUT2D eigenvalue weighted by Gasteiger charge is -2.12. The van der Waals surface area contributed by atoms with Crippen LogP contribution in [-0.4, -0.2) is 32.7 Å². The van der Waals surface area contributed by atoms with E-state index < -0.39 is 33.3 Å². The highest BCUT2D eigenvalue weighted by atomic mass is 32.2. The van der Waals surface area contributed by atoms with Crippen LogP contribution in [0.2, 0.25) is 0 Å². The summed E-state index contributed by atoms with van der Waals surface area (Å²) in [6.07, 6.45) is 0. The molecule has 0 aliphatic rings. The molecule has 8 heteroatoms. The fourth-order valence-corrected chi connectivity index (χ4v) is 2.76. The van der Waals surface area contributed by atoms with Gasteiger partial charge in [0, 0.05) is 19.7 Å². The van der Waals surface area contributed by atoms with E-state index in [1.54, 1.807) is 0 Å². The van der Waals surface area contributed by atoms with Gasteiger partial charge in [0.2, 0.25) is 10.0 Å². The number of halogens is 2. The molecule has 122 valence electrons. The molecule has 0 aliphatic heterocycles. The van der Waals surface area contributed by atoms with Crippen molar-refractivity contribution in [2.24, 2.45) is 0 Å². The van der Waals surface area contributed by atoms with Crippen LogP contribution in [0.25, 0.3) is 0 Å². The van der Waals surface area contributed by atoms with Crippen LogP contribution in [0.4, 0.5) is 14.5 Å². The Balaban J connectivity index is 2.35. The SMILES string of the molecule is CN(C)S(=O)(=O)c1cccc(C(=O)Nc2c(F)cccc2F)c1. The zero-order chi connectivity index (χ0) is 17.2. The van der Waals surface area contributed by atoms with Gasteiger partial charge in [-0.2, -0.15) is 0 Å². The molecule has 0 spiro atoms. The summed E-state index contributed by atoms with van der Waals surface area (Å²) < 4.78 is 52.2. The minimum Gasteiger partial charge on any atom is -0.317 e. The highest BCUT2D eigenvalue weighted by molar-refractivity contribution is 7.89. The summed E-state index contributed by atoms with van der Waals surface area (Å²) >= 11 is 0. The average Bonchev–Trinajstić information content (AvgIpc) is 2.51. The molecule has 2 aromatic rings. The van der Waals surface area contributed by atoms with Crippen LogP contribution in [0.1, 0.15) is 10.4 Å². The van der Waals surface area contributed by atoms with Crippen LogP contribution in [0, 0.1) is 11.6 Å². The minimum atomic E-state index is -3.72. The van der Waals surface area contributed by atoms with E-state index in [9.17, 15) is 22.0 Å². The normalized spacial score (nSPS) is 11.5. The third kappa shape index (κ3) is 3.54. The number of rotatable bonds is 4. The highest BCUT2D eigenvalue weighted by Gasteiger charge is 2.19. The molecule has 0 atom stereocenters. The summed E-state index contributed by atoms with van der Waals surface area (Å²) in [5, 5.41) is 2.11. The van der Waals surface area contributed by atoms with Crippen molar-refractivity contribution in [1.82, 2.24) is 4.31 Å². The second-order valence-corrected chi connectivity index (χ2v) is 7.02. The second-order valence-electron chi connectivity index (χ2n) is 4.87. The number of carbonyl (C=O) groups is 1. The fourth-order valence-electron chi connectivity index (χ4n) is 1.81. The summed E-state index contributed by atoms with van der Waals surface area (Å²) in [6.45, 7) is 0. The summed E-state index contributed by atoms with van der Waals surface area (Å²) in [5.41, 5.74) is -0.617. The Morgan fingerprint density at radius 3 is 2.17 bits per heavy atom. The van der Waals surface area contributed by atoms with Crippen molar-refractivity contribution in [3.63, 3.8) is 0 Å². The van der Waals surface area contributed by atoms with Crippen LogP contribution < -0.4 is 5.32 Å². The Labute approximate surface area is 132 Å². The van der Waals surface area contributed by atoms with Gasteiger partial charge in [0.05, 0.1) is 4.90 Å². The molecule has 0 unspecified atom stereocenters. The minimum absolute atomic E-state index is 0.0319. The molecule has 2 rings (SSSR count). The number of hydrogen-bond donors (Lipinski definition) is 1. The number of benzene rings is 2. The first-order valence-electron chi connectivity index (χ1n) is 6.51. The van der Waals surface area contributed by atoms with Crippen molar-refractivity contribution in [2.45, 2.75) is 4.90 Å². The van der Waals surface area contributed by atoms with Gasteiger partial charge in [-0.05, 0) is 30.3 Å². The molecular weight excluding hydrogens is 326 g/mol. The number of amides is 1. The van der Waals surface area contributed by atoms with Gasteiger partial charge in [-0.3, -0.25) is 4.79 Å². The lowest BCUT2D eigenvalue weighted by molar-refractivity contribution is 0.102. The van der Waals surface area contributed by atoms with Crippen LogP contribution in [0.5, 0.6) is 0 Å². The van der Waals surface area contributed by atoms with Gasteiger partial charge < -0.3 is 5.32 Å². The predicted molar refractivity (Wildman–Crippen MR) is 81.6 cm³/mol. The molecule has 23 heavy (non-hydrogen) atoms. The third-order valence-electron chi connectivity index (χ3n) is 3.08. The Hall–Kier alpha value is -2.32. The number of carbonyl (C=O) groups excluding carboxylic acids is 1. The van der Waals surface area contributed by atoms with Crippen LogP contribution in [-0.2, 0) is 10.0 Å². The molecule has 1 N–H and O–H groups in total. The standard InChI is InChI=1S/C15H14F2N2O3S/c1-19(2)23(21,22)11-6-3-5-10(9-11)15(20)18-14-12(16)7-4-8-13(14)17/h3-9H,1-2H3,(H,18,20).